The first-order valence-corrected chi connectivity index (χ1v) is 10.0. The van der Waals surface area contributed by atoms with Crippen molar-refractivity contribution in [2.24, 2.45) is 11.8 Å². The van der Waals surface area contributed by atoms with Gasteiger partial charge in [0.2, 0.25) is 17.7 Å². The van der Waals surface area contributed by atoms with Crippen LogP contribution in [-0.4, -0.2) is 42.8 Å². The average molecular weight is 423 g/mol. The quantitative estimate of drug-likeness (QED) is 0.537. The van der Waals surface area contributed by atoms with E-state index in [1.807, 2.05) is 0 Å². The molecule has 6 nitrogen and oxygen atoms in total. The van der Waals surface area contributed by atoms with Crippen molar-refractivity contribution in [1.82, 2.24) is 4.90 Å². The van der Waals surface area contributed by atoms with Crippen molar-refractivity contribution in [2.75, 3.05) is 19.0 Å². The highest BCUT2D eigenvalue weighted by Crippen LogP contribution is 2.42. The number of nitrogens with zero attached hydrogens (tertiary/aromatic N) is 2. The van der Waals surface area contributed by atoms with Crippen molar-refractivity contribution in [1.29, 1.82) is 0 Å². The molecule has 2 aliphatic rings. The van der Waals surface area contributed by atoms with Gasteiger partial charge in [-0.15, -0.1) is 0 Å². The van der Waals surface area contributed by atoms with Crippen molar-refractivity contribution >= 4 is 35.0 Å². The maximum Gasteiger partial charge on any atom is 0.245 e. The van der Waals surface area contributed by atoms with Crippen LogP contribution in [0.15, 0.2) is 24.3 Å². The monoisotopic (exact) mass is 422 g/mol. The number of imide groups is 1. The van der Waals surface area contributed by atoms with Gasteiger partial charge in [0.25, 0.3) is 0 Å². The van der Waals surface area contributed by atoms with Gasteiger partial charge in [0.05, 0.1) is 22.5 Å². The predicted octanol–water partition coefficient (Wildman–Crippen LogP) is 3.57. The second kappa shape index (κ2) is 8.53. The van der Waals surface area contributed by atoms with E-state index in [1.54, 1.807) is 27.1 Å². The third-order valence-corrected chi connectivity index (χ3v) is 5.64. The highest BCUT2D eigenvalue weighted by atomic mass is 35.5. The number of carbonyl (C=O) groups excluding carboxylic acids is 3. The largest absolute Gasteiger partial charge is 0.485 e. The molecule has 1 aliphatic carbocycles. The predicted molar refractivity (Wildman–Crippen MR) is 107 cm³/mol. The highest BCUT2D eigenvalue weighted by Gasteiger charge is 2.49. The van der Waals surface area contributed by atoms with Crippen LogP contribution in [0.5, 0.6) is 5.75 Å². The van der Waals surface area contributed by atoms with Gasteiger partial charge < -0.3 is 9.64 Å². The van der Waals surface area contributed by atoms with Crippen molar-refractivity contribution in [3.05, 3.63) is 35.1 Å². The lowest BCUT2D eigenvalue weighted by Gasteiger charge is -2.19. The van der Waals surface area contributed by atoms with E-state index in [9.17, 15) is 18.8 Å². The molecule has 1 saturated carbocycles. The first-order chi connectivity index (χ1) is 13.7. The van der Waals surface area contributed by atoms with Gasteiger partial charge in [-0.25, -0.2) is 9.29 Å². The Morgan fingerprint density at radius 2 is 1.83 bits per heavy atom. The Morgan fingerprint density at radius 1 is 1.24 bits per heavy atom. The highest BCUT2D eigenvalue weighted by molar-refractivity contribution is 6.32. The number of fused-ring (bicyclic) bond motifs is 1. The summed E-state index contributed by atoms with van der Waals surface area (Å²) in [6.45, 7) is 1.69. The molecule has 3 rings (SSSR count). The first-order valence-electron chi connectivity index (χ1n) is 9.63. The van der Waals surface area contributed by atoms with E-state index in [-0.39, 0.29) is 46.0 Å². The molecule has 1 aromatic rings. The van der Waals surface area contributed by atoms with Crippen LogP contribution in [-0.2, 0) is 14.4 Å². The number of carbonyl (C=O) groups is 3. The van der Waals surface area contributed by atoms with Gasteiger partial charge in [-0.2, -0.15) is 0 Å². The van der Waals surface area contributed by atoms with Crippen molar-refractivity contribution < 1.29 is 23.5 Å². The summed E-state index contributed by atoms with van der Waals surface area (Å²) in [5.41, 5.74) is -0.144. The summed E-state index contributed by atoms with van der Waals surface area (Å²) < 4.78 is 20.4. The third kappa shape index (κ3) is 4.29. The molecule has 3 atom stereocenters. The van der Waals surface area contributed by atoms with Crippen LogP contribution < -0.4 is 9.64 Å². The molecule has 1 heterocycles. The Balaban J connectivity index is 1.85. The van der Waals surface area contributed by atoms with E-state index in [0.29, 0.717) is 12.8 Å². The summed E-state index contributed by atoms with van der Waals surface area (Å²) in [5, 5.41) is 0.0157. The summed E-state index contributed by atoms with van der Waals surface area (Å²) in [7, 11) is 3.26. The van der Waals surface area contributed by atoms with Gasteiger partial charge in [0.1, 0.15) is 17.7 Å². The number of hydrogen-bond acceptors (Lipinski definition) is 4. The van der Waals surface area contributed by atoms with Gasteiger partial charge in [0, 0.05) is 26.2 Å². The first kappa shape index (κ1) is 21.3. The van der Waals surface area contributed by atoms with E-state index in [1.165, 1.54) is 17.0 Å². The minimum Gasteiger partial charge on any atom is -0.485 e. The summed E-state index contributed by atoms with van der Waals surface area (Å²) >= 11 is 6.11. The smallest absolute Gasteiger partial charge is 0.245 e. The number of hydrogen-bond donors (Lipinski definition) is 0. The molecule has 2 fully saturated rings. The average Bonchev–Trinajstić information content (AvgIpc) is 2.93. The minimum absolute atomic E-state index is 0.0157. The van der Waals surface area contributed by atoms with Crippen LogP contribution in [0.3, 0.4) is 0 Å². The Hall–Kier alpha value is -2.41. The van der Waals surface area contributed by atoms with Crippen LogP contribution >= 0.6 is 11.6 Å². The molecule has 3 amide bonds. The lowest BCUT2D eigenvalue weighted by atomic mass is 9.81. The fourth-order valence-corrected chi connectivity index (χ4v) is 3.98. The van der Waals surface area contributed by atoms with E-state index in [4.69, 9.17) is 16.3 Å². The number of rotatable bonds is 5. The molecule has 0 aromatic heterocycles. The standard InChI is InChI=1S/C21H24ClFN2O4/c1-12(8-9-19(26)24(2)3)29-18-11-17(16(23)10-15(18)22)25-20(27)13-6-4-5-7-14(13)21(25)28/h8-14H,4-7H2,1-3H3. The molecule has 0 spiro atoms. The zero-order valence-electron chi connectivity index (χ0n) is 16.7. The molecule has 0 N–H and O–H groups in total. The summed E-state index contributed by atoms with van der Waals surface area (Å²) in [4.78, 5) is 39.6. The fraction of sp³-hybridized carbons (Fsp3) is 0.476. The topological polar surface area (TPSA) is 66.9 Å². The number of amides is 3. The van der Waals surface area contributed by atoms with Crippen molar-refractivity contribution in [3.8, 4) is 5.75 Å². The molecular weight excluding hydrogens is 399 g/mol. The molecule has 29 heavy (non-hydrogen) atoms. The van der Waals surface area contributed by atoms with Gasteiger partial charge in [-0.1, -0.05) is 24.4 Å². The fourth-order valence-electron chi connectivity index (χ4n) is 3.79. The van der Waals surface area contributed by atoms with Crippen LogP contribution in [0.25, 0.3) is 0 Å². The van der Waals surface area contributed by atoms with Gasteiger partial charge >= 0.3 is 0 Å². The number of likely N-dealkylation sites (N-methyl/N-ethyl adjacent to an activating group) is 1. The summed E-state index contributed by atoms with van der Waals surface area (Å²) in [6.07, 6.45) is 5.44. The van der Waals surface area contributed by atoms with Gasteiger partial charge in [-0.3, -0.25) is 14.4 Å². The normalized spacial score (nSPS) is 22.7. The van der Waals surface area contributed by atoms with E-state index >= 15 is 0 Å². The Bertz CT molecular complexity index is 846. The molecule has 3 unspecified atom stereocenters. The third-order valence-electron chi connectivity index (χ3n) is 5.35. The maximum absolute atomic E-state index is 14.6. The molecular formula is C21H24ClFN2O4. The van der Waals surface area contributed by atoms with E-state index in [0.717, 1.165) is 23.8 Å². The van der Waals surface area contributed by atoms with E-state index in [2.05, 4.69) is 0 Å². The Labute approximate surface area is 174 Å². The molecule has 1 saturated heterocycles. The van der Waals surface area contributed by atoms with Crippen LogP contribution in [0.4, 0.5) is 10.1 Å². The molecule has 156 valence electrons. The molecule has 1 aliphatic heterocycles. The zero-order chi connectivity index (χ0) is 21.3. The van der Waals surface area contributed by atoms with Gasteiger partial charge in [-0.05, 0) is 31.9 Å². The van der Waals surface area contributed by atoms with Crippen LogP contribution in [0, 0.1) is 17.7 Å². The lowest BCUT2D eigenvalue weighted by Crippen LogP contribution is -2.31. The van der Waals surface area contributed by atoms with E-state index < -0.39 is 11.9 Å². The van der Waals surface area contributed by atoms with Crippen LogP contribution in [0.2, 0.25) is 5.02 Å². The second-order valence-corrected chi connectivity index (χ2v) is 8.07. The number of benzene rings is 1. The molecule has 8 heteroatoms. The molecule has 0 bridgehead atoms. The molecule has 1 aromatic carbocycles. The summed E-state index contributed by atoms with van der Waals surface area (Å²) in [6, 6.07) is 2.32. The van der Waals surface area contributed by atoms with Gasteiger partial charge in [0.15, 0.2) is 0 Å². The molecule has 0 radical (unpaired) electrons. The lowest BCUT2D eigenvalue weighted by molar-refractivity contribution is -0.124. The Kier molecular flexibility index (Phi) is 6.27. The minimum atomic E-state index is -0.756. The maximum atomic E-state index is 14.6. The number of anilines is 1. The number of ether oxygens (including phenoxy) is 1. The summed E-state index contributed by atoms with van der Waals surface area (Å²) in [5.74, 6) is -2.32. The Morgan fingerprint density at radius 3 is 2.38 bits per heavy atom. The second-order valence-electron chi connectivity index (χ2n) is 7.66. The SMILES string of the molecule is CC(C=CC(=O)N(C)C)Oc1cc(N2C(=O)C3CCCCC3C2=O)c(F)cc1Cl. The van der Waals surface area contributed by atoms with Crippen molar-refractivity contribution in [2.45, 2.75) is 38.7 Å². The zero-order valence-corrected chi connectivity index (χ0v) is 17.4. The van der Waals surface area contributed by atoms with Crippen molar-refractivity contribution in [3.63, 3.8) is 0 Å². The number of halogens is 2. The van der Waals surface area contributed by atoms with Crippen LogP contribution in [0.1, 0.15) is 32.6 Å².